The number of pyridine rings is 1. The quantitative estimate of drug-likeness (QED) is 0.802. The summed E-state index contributed by atoms with van der Waals surface area (Å²) in [5.41, 5.74) is 0.443. The molecule has 2 aromatic rings. The molecule has 0 fully saturated rings. The monoisotopic (exact) mass is 372 g/mol. The number of aromatic nitrogens is 1. The number of methoxy groups -OCH3 is 1. The van der Waals surface area contributed by atoms with Crippen LogP contribution in [0, 0.1) is 12.7 Å². The number of hydrogen-bond donors (Lipinski definition) is 1. The fraction of sp³-hybridized carbons (Fsp3) is 0.294. The molecule has 5 nitrogen and oxygen atoms in total. The van der Waals surface area contributed by atoms with Crippen LogP contribution >= 0.6 is 0 Å². The summed E-state index contributed by atoms with van der Waals surface area (Å²) in [6.07, 6.45) is -5.34. The molecule has 0 aliphatic rings. The molecular weight excluding hydrogens is 356 g/mol. The number of benzene rings is 1. The number of nitrogens with zero attached hydrogens (tertiary/aromatic N) is 1. The van der Waals surface area contributed by atoms with Crippen LogP contribution in [-0.2, 0) is 0 Å². The van der Waals surface area contributed by atoms with E-state index in [4.69, 9.17) is 9.47 Å². The van der Waals surface area contributed by atoms with E-state index in [-0.39, 0.29) is 17.1 Å². The lowest BCUT2D eigenvalue weighted by atomic mass is 10.1. The van der Waals surface area contributed by atoms with Gasteiger partial charge in [-0.1, -0.05) is 0 Å². The zero-order valence-electron chi connectivity index (χ0n) is 14.1. The summed E-state index contributed by atoms with van der Waals surface area (Å²) in [6.45, 7) is 2.47. The van der Waals surface area contributed by atoms with Gasteiger partial charge in [-0.25, -0.2) is 9.37 Å². The first kappa shape index (κ1) is 19.5. The Bertz CT molecular complexity index is 809. The molecule has 0 radical (unpaired) electrons. The Balaban J connectivity index is 2.36. The van der Waals surface area contributed by atoms with E-state index in [1.54, 1.807) is 13.0 Å². The molecule has 26 heavy (non-hydrogen) atoms. The first-order chi connectivity index (χ1) is 12.1. The number of aryl methyl sites for hydroxylation is 1. The number of carbonyl (C=O) groups is 1. The van der Waals surface area contributed by atoms with Crippen molar-refractivity contribution >= 4 is 11.6 Å². The van der Waals surface area contributed by atoms with Gasteiger partial charge in [0.1, 0.15) is 17.3 Å². The molecule has 0 unspecified atom stereocenters. The zero-order valence-corrected chi connectivity index (χ0v) is 14.1. The Labute approximate surface area is 146 Å². The van der Waals surface area contributed by atoms with Gasteiger partial charge in [0.05, 0.1) is 12.7 Å². The predicted octanol–water partition coefficient (Wildman–Crippen LogP) is 4.12. The van der Waals surface area contributed by atoms with E-state index in [1.807, 2.05) is 0 Å². The van der Waals surface area contributed by atoms with Gasteiger partial charge in [0.2, 0.25) is 5.88 Å². The Morgan fingerprint density at radius 3 is 2.58 bits per heavy atom. The van der Waals surface area contributed by atoms with Crippen molar-refractivity contribution in [1.82, 2.24) is 4.98 Å². The van der Waals surface area contributed by atoms with Crippen LogP contribution in [0.1, 0.15) is 22.8 Å². The maximum Gasteiger partial charge on any atom is 0.425 e. The topological polar surface area (TPSA) is 60.5 Å². The van der Waals surface area contributed by atoms with E-state index in [9.17, 15) is 22.4 Å². The van der Waals surface area contributed by atoms with E-state index in [0.717, 1.165) is 25.1 Å². The molecule has 0 saturated heterocycles. The third kappa shape index (κ3) is 4.41. The summed E-state index contributed by atoms with van der Waals surface area (Å²) in [6, 6.07) is 4.28. The van der Waals surface area contributed by atoms with Crippen LogP contribution < -0.4 is 14.8 Å². The van der Waals surface area contributed by atoms with Crippen molar-refractivity contribution in [2.75, 3.05) is 12.4 Å². The Kier molecular flexibility index (Phi) is 5.69. The summed E-state index contributed by atoms with van der Waals surface area (Å²) >= 11 is 0. The first-order valence-corrected chi connectivity index (χ1v) is 7.47. The molecule has 1 aromatic carbocycles. The maximum absolute atomic E-state index is 13.5. The molecule has 9 heteroatoms. The number of carbonyl (C=O) groups excluding carboxylic acids is 1. The van der Waals surface area contributed by atoms with Gasteiger partial charge in [-0.15, -0.1) is 0 Å². The minimum absolute atomic E-state index is 0.112. The molecule has 1 amide bonds. The lowest BCUT2D eigenvalue weighted by Gasteiger charge is -2.20. The van der Waals surface area contributed by atoms with Crippen LogP contribution in [0.5, 0.6) is 11.6 Å². The number of hydrogen-bond acceptors (Lipinski definition) is 4. The first-order valence-electron chi connectivity index (χ1n) is 7.47. The van der Waals surface area contributed by atoms with Crippen LogP contribution in [-0.4, -0.2) is 30.3 Å². The third-order valence-electron chi connectivity index (χ3n) is 3.51. The van der Waals surface area contributed by atoms with Crippen molar-refractivity contribution in [2.45, 2.75) is 26.1 Å². The molecule has 0 saturated carbocycles. The number of anilines is 1. The lowest BCUT2D eigenvalue weighted by molar-refractivity contribution is -0.189. The minimum Gasteiger partial charge on any atom is -0.480 e. The summed E-state index contributed by atoms with van der Waals surface area (Å²) in [7, 11) is 1.35. The predicted molar refractivity (Wildman–Crippen MR) is 86.0 cm³/mol. The molecule has 0 aliphatic heterocycles. The number of ether oxygens (including phenoxy) is 2. The Morgan fingerprint density at radius 1 is 1.27 bits per heavy atom. The maximum atomic E-state index is 13.5. The molecule has 0 bridgehead atoms. The van der Waals surface area contributed by atoms with E-state index < -0.39 is 29.8 Å². The van der Waals surface area contributed by atoms with Crippen molar-refractivity contribution in [2.24, 2.45) is 0 Å². The molecular formula is C17H16F4N2O3. The normalized spacial score (nSPS) is 12.4. The lowest BCUT2D eigenvalue weighted by Crippen LogP contribution is -2.32. The van der Waals surface area contributed by atoms with Gasteiger partial charge in [-0.2, -0.15) is 13.2 Å². The Hall–Kier alpha value is -2.84. The van der Waals surface area contributed by atoms with Gasteiger partial charge in [0.25, 0.3) is 5.91 Å². The SMILES string of the molecule is COc1nccc(C)c1NC(=O)c1cc(F)ccc1O[C@@H](C)C(F)(F)F. The average molecular weight is 372 g/mol. The molecule has 1 aromatic heterocycles. The van der Waals surface area contributed by atoms with Gasteiger partial charge < -0.3 is 14.8 Å². The fourth-order valence-corrected chi connectivity index (χ4v) is 2.06. The van der Waals surface area contributed by atoms with E-state index in [2.05, 4.69) is 10.3 Å². The second kappa shape index (κ2) is 7.59. The molecule has 1 N–H and O–H groups in total. The van der Waals surface area contributed by atoms with Gasteiger partial charge in [0, 0.05) is 6.20 Å². The van der Waals surface area contributed by atoms with Gasteiger partial charge in [0.15, 0.2) is 6.10 Å². The second-order valence-electron chi connectivity index (χ2n) is 5.41. The van der Waals surface area contributed by atoms with Crippen molar-refractivity contribution in [3.05, 3.63) is 47.4 Å². The third-order valence-corrected chi connectivity index (χ3v) is 3.51. The highest BCUT2D eigenvalue weighted by atomic mass is 19.4. The number of alkyl halides is 3. The number of rotatable bonds is 5. The van der Waals surface area contributed by atoms with Crippen LogP contribution in [0.3, 0.4) is 0 Å². The van der Waals surface area contributed by atoms with Crippen LogP contribution in [0.25, 0.3) is 0 Å². The summed E-state index contributed by atoms with van der Waals surface area (Å²) in [4.78, 5) is 16.5. The molecule has 140 valence electrons. The smallest absolute Gasteiger partial charge is 0.425 e. The van der Waals surface area contributed by atoms with Gasteiger partial charge in [-0.3, -0.25) is 4.79 Å². The van der Waals surface area contributed by atoms with E-state index in [0.29, 0.717) is 5.56 Å². The van der Waals surface area contributed by atoms with Crippen LogP contribution in [0.15, 0.2) is 30.5 Å². The van der Waals surface area contributed by atoms with Crippen molar-refractivity contribution in [3.63, 3.8) is 0 Å². The molecule has 0 spiro atoms. The van der Waals surface area contributed by atoms with Crippen LogP contribution in [0.4, 0.5) is 23.2 Å². The van der Waals surface area contributed by atoms with Crippen molar-refractivity contribution in [1.29, 1.82) is 0 Å². The van der Waals surface area contributed by atoms with Gasteiger partial charge >= 0.3 is 6.18 Å². The zero-order chi connectivity index (χ0) is 19.5. The van der Waals surface area contributed by atoms with Gasteiger partial charge in [-0.05, 0) is 43.7 Å². The highest BCUT2D eigenvalue weighted by Crippen LogP contribution is 2.30. The van der Waals surface area contributed by atoms with E-state index >= 15 is 0 Å². The number of amides is 1. The fourth-order valence-electron chi connectivity index (χ4n) is 2.06. The molecule has 1 heterocycles. The molecule has 2 rings (SSSR count). The largest absolute Gasteiger partial charge is 0.480 e. The highest BCUT2D eigenvalue weighted by molar-refractivity contribution is 6.07. The van der Waals surface area contributed by atoms with Crippen molar-refractivity contribution in [3.8, 4) is 11.6 Å². The standard InChI is InChI=1S/C17H16F4N2O3/c1-9-6-7-22-16(25-3)14(9)23-15(24)12-8-11(18)4-5-13(12)26-10(2)17(19,20)21/h4-8,10H,1-3H3,(H,23,24)/t10-/m0/s1. The Morgan fingerprint density at radius 2 is 1.96 bits per heavy atom. The number of halogens is 4. The average Bonchev–Trinajstić information content (AvgIpc) is 2.57. The summed E-state index contributed by atoms with van der Waals surface area (Å²) in [5, 5.41) is 2.47. The van der Waals surface area contributed by atoms with Crippen molar-refractivity contribution < 1.29 is 31.8 Å². The summed E-state index contributed by atoms with van der Waals surface area (Å²) < 4.78 is 61.6. The summed E-state index contributed by atoms with van der Waals surface area (Å²) in [5.74, 6) is -1.93. The molecule has 1 atom stereocenters. The number of nitrogens with one attached hydrogen (secondary N) is 1. The highest BCUT2D eigenvalue weighted by Gasteiger charge is 2.38. The second-order valence-corrected chi connectivity index (χ2v) is 5.41. The van der Waals surface area contributed by atoms with Crippen LogP contribution in [0.2, 0.25) is 0 Å². The van der Waals surface area contributed by atoms with E-state index in [1.165, 1.54) is 13.3 Å². The minimum atomic E-state index is -4.63. The molecule has 0 aliphatic carbocycles.